The number of rotatable bonds is 4. The first-order chi connectivity index (χ1) is 8.11. The van der Waals surface area contributed by atoms with Gasteiger partial charge < -0.3 is 0 Å². The molecule has 2 aromatic rings. The van der Waals surface area contributed by atoms with E-state index >= 15 is 0 Å². The molecule has 0 unspecified atom stereocenters. The van der Waals surface area contributed by atoms with Crippen molar-refractivity contribution >= 4 is 17.3 Å². The second-order valence-electron chi connectivity index (χ2n) is 3.90. The number of aromatic nitrogens is 4. The summed E-state index contributed by atoms with van der Waals surface area (Å²) in [6, 6.07) is 1.93. The lowest BCUT2D eigenvalue weighted by molar-refractivity contribution is 0.0993. The van der Waals surface area contributed by atoms with Crippen LogP contribution in [0.25, 0.3) is 0 Å². The van der Waals surface area contributed by atoms with Crippen molar-refractivity contribution < 1.29 is 4.79 Å². The fourth-order valence-electron chi connectivity index (χ4n) is 1.73. The molecule has 2 aromatic heterocycles. The molecule has 5 nitrogen and oxygen atoms in total. The molecular weight excluding hydrogens is 236 g/mol. The molecular formula is C11H14N4OS. The molecule has 0 amide bonds. The van der Waals surface area contributed by atoms with Crippen LogP contribution in [-0.2, 0) is 19.9 Å². The Balaban J connectivity index is 2.20. The minimum absolute atomic E-state index is 0.0693. The number of hydrogen-bond donors (Lipinski definition) is 0. The molecule has 2 rings (SSSR count). The van der Waals surface area contributed by atoms with E-state index < -0.39 is 0 Å². The van der Waals surface area contributed by atoms with Gasteiger partial charge in [0.15, 0.2) is 5.78 Å². The minimum Gasteiger partial charge on any atom is -0.293 e. The standard InChI is InChI=1S/C11H14N4OS/c1-4-9-11(17-14-12-9)10(16)6-8-5-7(2)13-15(8)3/h5H,4,6H2,1-3H3. The molecule has 0 fully saturated rings. The lowest BCUT2D eigenvalue weighted by Gasteiger charge is -2.00. The van der Waals surface area contributed by atoms with E-state index in [2.05, 4.69) is 14.7 Å². The topological polar surface area (TPSA) is 60.7 Å². The third-order valence-electron chi connectivity index (χ3n) is 2.58. The number of hydrogen-bond acceptors (Lipinski definition) is 5. The molecule has 0 saturated heterocycles. The van der Waals surface area contributed by atoms with Gasteiger partial charge in [0.2, 0.25) is 0 Å². The van der Waals surface area contributed by atoms with Crippen molar-refractivity contribution in [1.29, 1.82) is 0 Å². The predicted octanol–water partition coefficient (Wildman–Crippen LogP) is 1.57. The van der Waals surface area contributed by atoms with Gasteiger partial charge >= 0.3 is 0 Å². The number of carbonyl (C=O) groups excluding carboxylic acids is 1. The van der Waals surface area contributed by atoms with Crippen LogP contribution in [0.2, 0.25) is 0 Å². The third kappa shape index (κ3) is 2.41. The zero-order chi connectivity index (χ0) is 12.4. The molecule has 90 valence electrons. The Hall–Kier alpha value is -1.56. The molecule has 0 aliphatic heterocycles. The summed E-state index contributed by atoms with van der Waals surface area (Å²) in [5.41, 5.74) is 2.63. The van der Waals surface area contributed by atoms with Crippen molar-refractivity contribution in [3.8, 4) is 0 Å². The van der Waals surface area contributed by atoms with Gasteiger partial charge in [-0.25, -0.2) is 0 Å². The minimum atomic E-state index is 0.0693. The van der Waals surface area contributed by atoms with Gasteiger partial charge in [-0.2, -0.15) is 5.10 Å². The Kier molecular flexibility index (Phi) is 3.33. The summed E-state index contributed by atoms with van der Waals surface area (Å²) in [7, 11) is 1.85. The molecule has 0 radical (unpaired) electrons. The number of ketones is 1. The summed E-state index contributed by atoms with van der Waals surface area (Å²) in [5.74, 6) is 0.0693. The summed E-state index contributed by atoms with van der Waals surface area (Å²) >= 11 is 1.17. The lowest BCUT2D eigenvalue weighted by Crippen LogP contribution is -2.08. The van der Waals surface area contributed by atoms with Gasteiger partial charge in [-0.3, -0.25) is 9.48 Å². The van der Waals surface area contributed by atoms with Gasteiger partial charge in [0.05, 0.1) is 17.8 Å². The Morgan fingerprint density at radius 2 is 2.29 bits per heavy atom. The van der Waals surface area contributed by atoms with Crippen LogP contribution in [0.5, 0.6) is 0 Å². The smallest absolute Gasteiger partial charge is 0.182 e. The summed E-state index contributed by atoms with van der Waals surface area (Å²) in [6.45, 7) is 3.89. The second kappa shape index (κ2) is 4.75. The maximum Gasteiger partial charge on any atom is 0.182 e. The molecule has 2 heterocycles. The highest BCUT2D eigenvalue weighted by molar-refractivity contribution is 7.08. The van der Waals surface area contributed by atoms with Crippen LogP contribution in [0.3, 0.4) is 0 Å². The first kappa shape index (κ1) is 11.9. The Labute approximate surface area is 104 Å². The van der Waals surface area contributed by atoms with Gasteiger partial charge in [0.25, 0.3) is 0 Å². The number of aryl methyl sites for hydroxylation is 3. The van der Waals surface area contributed by atoms with Crippen molar-refractivity contribution in [2.45, 2.75) is 26.7 Å². The van der Waals surface area contributed by atoms with Gasteiger partial charge in [-0.15, -0.1) is 5.10 Å². The van der Waals surface area contributed by atoms with E-state index in [-0.39, 0.29) is 5.78 Å². The molecule has 0 atom stereocenters. The number of carbonyl (C=O) groups is 1. The number of Topliss-reactive ketones (excluding diaryl/α,β-unsaturated/α-hetero) is 1. The molecule has 0 aliphatic carbocycles. The number of nitrogens with zero attached hydrogens (tertiary/aromatic N) is 4. The highest BCUT2D eigenvalue weighted by atomic mass is 32.1. The summed E-state index contributed by atoms with van der Waals surface area (Å²) in [5, 5.41) is 8.17. The van der Waals surface area contributed by atoms with E-state index in [0.717, 1.165) is 23.5 Å². The van der Waals surface area contributed by atoms with Crippen LogP contribution >= 0.6 is 11.5 Å². The SMILES string of the molecule is CCc1nnsc1C(=O)Cc1cc(C)nn1C. The molecule has 0 saturated carbocycles. The van der Waals surface area contributed by atoms with Gasteiger partial charge in [-0.1, -0.05) is 11.4 Å². The Bertz CT molecular complexity index is 543. The van der Waals surface area contributed by atoms with Crippen molar-refractivity contribution in [3.05, 3.63) is 28.0 Å². The molecule has 0 spiro atoms. The summed E-state index contributed by atoms with van der Waals surface area (Å²) in [6.07, 6.45) is 1.09. The highest BCUT2D eigenvalue weighted by Crippen LogP contribution is 2.15. The van der Waals surface area contributed by atoms with E-state index in [1.807, 2.05) is 27.0 Å². The first-order valence-corrected chi connectivity index (χ1v) is 6.23. The van der Waals surface area contributed by atoms with E-state index in [4.69, 9.17) is 0 Å². The van der Waals surface area contributed by atoms with Crippen LogP contribution in [0.4, 0.5) is 0 Å². The quantitative estimate of drug-likeness (QED) is 0.773. The monoisotopic (exact) mass is 250 g/mol. The average molecular weight is 250 g/mol. The predicted molar refractivity (Wildman–Crippen MR) is 65.3 cm³/mol. The van der Waals surface area contributed by atoms with E-state index in [1.165, 1.54) is 11.5 Å². The van der Waals surface area contributed by atoms with Crippen molar-refractivity contribution in [2.75, 3.05) is 0 Å². The maximum atomic E-state index is 12.1. The normalized spacial score (nSPS) is 10.8. The van der Waals surface area contributed by atoms with Gasteiger partial charge in [0, 0.05) is 12.7 Å². The fourth-order valence-corrected chi connectivity index (χ4v) is 2.41. The molecule has 0 N–H and O–H groups in total. The van der Waals surface area contributed by atoms with Crippen LogP contribution in [-0.4, -0.2) is 25.2 Å². The summed E-state index contributed by atoms with van der Waals surface area (Å²) < 4.78 is 5.58. The van der Waals surface area contributed by atoms with Crippen LogP contribution < -0.4 is 0 Å². The molecule has 0 aromatic carbocycles. The average Bonchev–Trinajstić information content (AvgIpc) is 2.85. The Morgan fingerprint density at radius 3 is 2.88 bits per heavy atom. The molecule has 17 heavy (non-hydrogen) atoms. The molecule has 6 heteroatoms. The van der Waals surface area contributed by atoms with E-state index in [1.54, 1.807) is 4.68 Å². The van der Waals surface area contributed by atoms with E-state index in [9.17, 15) is 4.79 Å². The van der Waals surface area contributed by atoms with Gasteiger partial charge in [0.1, 0.15) is 4.88 Å². The van der Waals surface area contributed by atoms with E-state index in [0.29, 0.717) is 11.3 Å². The molecule has 0 bridgehead atoms. The van der Waals surface area contributed by atoms with Crippen molar-refractivity contribution in [2.24, 2.45) is 7.05 Å². The first-order valence-electron chi connectivity index (χ1n) is 5.45. The van der Waals surface area contributed by atoms with Crippen LogP contribution in [0.1, 0.15) is 33.7 Å². The van der Waals surface area contributed by atoms with Crippen LogP contribution in [0, 0.1) is 6.92 Å². The third-order valence-corrected chi connectivity index (χ3v) is 3.39. The van der Waals surface area contributed by atoms with Crippen molar-refractivity contribution in [1.82, 2.24) is 19.4 Å². The lowest BCUT2D eigenvalue weighted by atomic mass is 10.1. The largest absolute Gasteiger partial charge is 0.293 e. The van der Waals surface area contributed by atoms with Crippen molar-refractivity contribution in [3.63, 3.8) is 0 Å². The summed E-state index contributed by atoms with van der Waals surface area (Å²) in [4.78, 5) is 12.8. The zero-order valence-corrected chi connectivity index (χ0v) is 10.9. The highest BCUT2D eigenvalue weighted by Gasteiger charge is 2.17. The Morgan fingerprint density at radius 1 is 1.53 bits per heavy atom. The molecule has 0 aliphatic rings. The van der Waals surface area contributed by atoms with Gasteiger partial charge in [-0.05, 0) is 30.9 Å². The fraction of sp³-hybridized carbons (Fsp3) is 0.455. The zero-order valence-electron chi connectivity index (χ0n) is 10.1. The second-order valence-corrected chi connectivity index (χ2v) is 4.66. The maximum absolute atomic E-state index is 12.1. The van der Waals surface area contributed by atoms with Crippen LogP contribution in [0.15, 0.2) is 6.07 Å².